The third-order valence-electron chi connectivity index (χ3n) is 6.14. The van der Waals surface area contributed by atoms with Crippen LogP contribution in [-0.2, 0) is 21.5 Å². The fraction of sp³-hybridized carbons (Fsp3) is 0.222. The number of esters is 1. The van der Waals surface area contributed by atoms with Gasteiger partial charge in [-0.25, -0.2) is 4.79 Å². The standard InChI is InChI=1S/C27H27NO3/c1-27(22-12-9-20(10-13-22)11-16-26(29)31-3)25-15-14-24(30-2)19-21(25)17-18-28(27)23-7-5-4-6-8-23/h4-16,19H,17-18H2,1-3H3. The Hall–Kier alpha value is -3.53. The van der Waals surface area contributed by atoms with Gasteiger partial charge in [-0.05, 0) is 65.9 Å². The molecule has 0 fully saturated rings. The molecule has 1 aliphatic rings. The van der Waals surface area contributed by atoms with Gasteiger partial charge >= 0.3 is 5.97 Å². The van der Waals surface area contributed by atoms with Crippen LogP contribution < -0.4 is 9.64 Å². The van der Waals surface area contributed by atoms with Gasteiger partial charge in [-0.15, -0.1) is 0 Å². The van der Waals surface area contributed by atoms with Crippen LogP contribution in [0.25, 0.3) is 6.08 Å². The zero-order valence-corrected chi connectivity index (χ0v) is 18.2. The Labute approximate surface area is 183 Å². The minimum absolute atomic E-state index is 0.341. The molecule has 0 amide bonds. The van der Waals surface area contributed by atoms with E-state index in [1.165, 1.54) is 35.6 Å². The number of ether oxygens (including phenoxy) is 2. The molecule has 0 N–H and O–H groups in total. The molecule has 3 aromatic rings. The maximum Gasteiger partial charge on any atom is 0.330 e. The molecular weight excluding hydrogens is 386 g/mol. The largest absolute Gasteiger partial charge is 0.497 e. The van der Waals surface area contributed by atoms with Crippen LogP contribution in [0.1, 0.15) is 29.2 Å². The molecule has 0 aromatic heterocycles. The number of nitrogens with zero attached hydrogens (tertiary/aromatic N) is 1. The Morgan fingerprint density at radius 2 is 1.74 bits per heavy atom. The number of hydrogen-bond donors (Lipinski definition) is 0. The number of hydrogen-bond acceptors (Lipinski definition) is 4. The van der Waals surface area contributed by atoms with Crippen molar-refractivity contribution in [3.8, 4) is 5.75 Å². The first-order valence-corrected chi connectivity index (χ1v) is 10.4. The molecule has 1 aliphatic heterocycles. The third-order valence-corrected chi connectivity index (χ3v) is 6.14. The number of fused-ring (bicyclic) bond motifs is 1. The Kier molecular flexibility index (Phi) is 5.81. The lowest BCUT2D eigenvalue weighted by atomic mass is 9.76. The zero-order valence-electron chi connectivity index (χ0n) is 18.2. The summed E-state index contributed by atoms with van der Waals surface area (Å²) in [5, 5.41) is 0. The number of para-hydroxylation sites is 1. The summed E-state index contributed by atoms with van der Waals surface area (Å²) in [6, 6.07) is 25.3. The summed E-state index contributed by atoms with van der Waals surface area (Å²) >= 11 is 0. The van der Waals surface area contributed by atoms with E-state index in [1.54, 1.807) is 13.2 Å². The van der Waals surface area contributed by atoms with E-state index in [0.29, 0.717) is 0 Å². The maximum absolute atomic E-state index is 11.4. The molecule has 1 unspecified atom stereocenters. The van der Waals surface area contributed by atoms with Crippen LogP contribution >= 0.6 is 0 Å². The lowest BCUT2D eigenvalue weighted by molar-refractivity contribution is -0.134. The normalized spacial score (nSPS) is 18.0. The van der Waals surface area contributed by atoms with Gasteiger partial charge in [-0.3, -0.25) is 0 Å². The molecule has 0 radical (unpaired) electrons. The number of anilines is 1. The van der Waals surface area contributed by atoms with Crippen molar-refractivity contribution in [2.24, 2.45) is 0 Å². The van der Waals surface area contributed by atoms with Crippen LogP contribution in [0, 0.1) is 0 Å². The van der Waals surface area contributed by atoms with Gasteiger partial charge in [0.25, 0.3) is 0 Å². The quantitative estimate of drug-likeness (QED) is 0.425. The lowest BCUT2D eigenvalue weighted by Gasteiger charge is -2.48. The Morgan fingerprint density at radius 3 is 2.42 bits per heavy atom. The topological polar surface area (TPSA) is 38.8 Å². The van der Waals surface area contributed by atoms with E-state index in [4.69, 9.17) is 4.74 Å². The van der Waals surface area contributed by atoms with Crippen LogP contribution in [0.15, 0.2) is 78.9 Å². The molecule has 0 saturated heterocycles. The van der Waals surface area contributed by atoms with Crippen molar-refractivity contribution in [1.29, 1.82) is 0 Å². The Morgan fingerprint density at radius 1 is 1.00 bits per heavy atom. The fourth-order valence-corrected chi connectivity index (χ4v) is 4.44. The van der Waals surface area contributed by atoms with Gasteiger partial charge < -0.3 is 14.4 Å². The van der Waals surface area contributed by atoms with E-state index >= 15 is 0 Å². The van der Waals surface area contributed by atoms with Gasteiger partial charge in [0.05, 0.1) is 19.8 Å². The third kappa shape index (κ3) is 3.93. The van der Waals surface area contributed by atoms with Crippen molar-refractivity contribution in [2.45, 2.75) is 18.9 Å². The van der Waals surface area contributed by atoms with Crippen molar-refractivity contribution in [1.82, 2.24) is 0 Å². The molecular formula is C27H27NO3. The molecule has 31 heavy (non-hydrogen) atoms. The van der Waals surface area contributed by atoms with Crippen molar-refractivity contribution in [3.05, 3.63) is 101 Å². The highest BCUT2D eigenvalue weighted by Crippen LogP contribution is 2.44. The van der Waals surface area contributed by atoms with Crippen LogP contribution in [0.2, 0.25) is 0 Å². The minimum atomic E-state index is -0.360. The minimum Gasteiger partial charge on any atom is -0.497 e. The molecule has 0 saturated carbocycles. The van der Waals surface area contributed by atoms with E-state index in [-0.39, 0.29) is 11.5 Å². The summed E-state index contributed by atoms with van der Waals surface area (Å²) in [4.78, 5) is 13.9. The summed E-state index contributed by atoms with van der Waals surface area (Å²) in [6.07, 6.45) is 4.17. The van der Waals surface area contributed by atoms with Crippen molar-refractivity contribution < 1.29 is 14.3 Å². The molecule has 3 aromatic carbocycles. The fourth-order valence-electron chi connectivity index (χ4n) is 4.44. The first-order chi connectivity index (χ1) is 15.1. The second-order valence-electron chi connectivity index (χ2n) is 7.81. The van der Waals surface area contributed by atoms with E-state index in [2.05, 4.69) is 65.1 Å². The summed E-state index contributed by atoms with van der Waals surface area (Å²) in [5.41, 5.74) is 5.59. The number of methoxy groups -OCH3 is 2. The van der Waals surface area contributed by atoms with Crippen LogP contribution in [0.5, 0.6) is 5.75 Å². The molecule has 4 heteroatoms. The monoisotopic (exact) mass is 413 g/mol. The van der Waals surface area contributed by atoms with Crippen molar-refractivity contribution in [2.75, 3.05) is 25.7 Å². The van der Waals surface area contributed by atoms with E-state index in [9.17, 15) is 4.79 Å². The zero-order chi connectivity index (χ0) is 21.8. The van der Waals surface area contributed by atoms with Gasteiger partial charge in [-0.1, -0.05) is 48.5 Å². The summed E-state index contributed by atoms with van der Waals surface area (Å²) in [7, 11) is 3.09. The Balaban J connectivity index is 1.80. The van der Waals surface area contributed by atoms with E-state index in [1.807, 2.05) is 24.3 Å². The molecule has 1 atom stereocenters. The van der Waals surface area contributed by atoms with E-state index in [0.717, 1.165) is 24.3 Å². The van der Waals surface area contributed by atoms with Gasteiger partial charge in [0.2, 0.25) is 0 Å². The predicted octanol–water partition coefficient (Wildman–Crippen LogP) is 5.21. The van der Waals surface area contributed by atoms with Gasteiger partial charge in [0, 0.05) is 18.3 Å². The summed E-state index contributed by atoms with van der Waals surface area (Å²) in [5.74, 6) is 0.527. The molecule has 0 bridgehead atoms. The second kappa shape index (κ2) is 8.68. The average molecular weight is 414 g/mol. The smallest absolute Gasteiger partial charge is 0.330 e. The van der Waals surface area contributed by atoms with Gasteiger partial charge in [0.15, 0.2) is 0 Å². The number of benzene rings is 3. The molecule has 4 nitrogen and oxygen atoms in total. The van der Waals surface area contributed by atoms with Crippen molar-refractivity contribution >= 4 is 17.7 Å². The first-order valence-electron chi connectivity index (χ1n) is 10.4. The average Bonchev–Trinajstić information content (AvgIpc) is 2.83. The number of rotatable bonds is 5. The molecule has 4 rings (SSSR count). The van der Waals surface area contributed by atoms with Gasteiger partial charge in [-0.2, -0.15) is 0 Å². The Bertz CT molecular complexity index is 1090. The van der Waals surface area contributed by atoms with Crippen LogP contribution in [-0.4, -0.2) is 26.7 Å². The highest BCUT2D eigenvalue weighted by atomic mass is 16.5. The maximum atomic E-state index is 11.4. The van der Waals surface area contributed by atoms with Gasteiger partial charge in [0.1, 0.15) is 5.75 Å². The van der Waals surface area contributed by atoms with E-state index < -0.39 is 0 Å². The predicted molar refractivity (Wildman–Crippen MR) is 124 cm³/mol. The lowest BCUT2D eigenvalue weighted by Crippen LogP contribution is -2.49. The molecule has 1 heterocycles. The highest BCUT2D eigenvalue weighted by Gasteiger charge is 2.40. The highest BCUT2D eigenvalue weighted by molar-refractivity contribution is 5.86. The molecule has 0 aliphatic carbocycles. The van der Waals surface area contributed by atoms with Crippen LogP contribution in [0.3, 0.4) is 0 Å². The summed E-state index contributed by atoms with van der Waals surface area (Å²) < 4.78 is 10.2. The van der Waals surface area contributed by atoms with Crippen molar-refractivity contribution in [3.63, 3.8) is 0 Å². The SMILES string of the molecule is COC(=O)C=Cc1ccc(C2(C)c3ccc(OC)cc3CCN2c2ccccc2)cc1. The number of carbonyl (C=O) groups is 1. The summed E-state index contributed by atoms with van der Waals surface area (Å²) in [6.45, 7) is 3.19. The molecule has 0 spiro atoms. The second-order valence-corrected chi connectivity index (χ2v) is 7.81. The number of carbonyl (C=O) groups excluding carboxylic acids is 1. The van der Waals surface area contributed by atoms with Crippen LogP contribution in [0.4, 0.5) is 5.69 Å². The molecule has 158 valence electrons. The first kappa shape index (κ1) is 20.7.